The van der Waals surface area contributed by atoms with E-state index in [-0.39, 0.29) is 0 Å². The van der Waals surface area contributed by atoms with Crippen LogP contribution in [-0.4, -0.2) is 29.7 Å². The van der Waals surface area contributed by atoms with Crippen molar-refractivity contribution in [3.8, 4) is 0 Å². The van der Waals surface area contributed by atoms with E-state index in [0.717, 1.165) is 11.7 Å². The molecule has 3 heteroatoms. The Hall–Kier alpha value is -0.830. The molecule has 2 bridgehead atoms. The van der Waals surface area contributed by atoms with E-state index < -0.39 is 0 Å². The van der Waals surface area contributed by atoms with Crippen molar-refractivity contribution in [2.24, 2.45) is 5.92 Å². The van der Waals surface area contributed by atoms with E-state index in [1.807, 2.05) is 6.07 Å². The summed E-state index contributed by atoms with van der Waals surface area (Å²) < 4.78 is 5.19. The van der Waals surface area contributed by atoms with Crippen molar-refractivity contribution in [1.82, 2.24) is 10.1 Å². The maximum atomic E-state index is 5.19. The lowest BCUT2D eigenvalue weighted by molar-refractivity contribution is 0.295. The largest absolute Gasteiger partial charge is 0.361 e. The van der Waals surface area contributed by atoms with Crippen LogP contribution in [0.3, 0.4) is 0 Å². The number of piperidine rings is 1. The summed E-state index contributed by atoms with van der Waals surface area (Å²) in [5, 5.41) is 3.76. The Balaban J connectivity index is 1.87. The van der Waals surface area contributed by atoms with E-state index in [1.54, 1.807) is 6.20 Å². The molecule has 0 amide bonds. The van der Waals surface area contributed by atoms with Gasteiger partial charge >= 0.3 is 0 Å². The minimum absolute atomic E-state index is 0.626. The first-order chi connectivity index (χ1) is 5.93. The standard InChI is InChI=1S/C9H12N2O/c1-3-10-12-9(1)8-6-11-4-2-7(8)5-11/h1,3,7-8H,2,4-6H2. The van der Waals surface area contributed by atoms with Gasteiger partial charge in [-0.05, 0) is 18.9 Å². The van der Waals surface area contributed by atoms with E-state index in [2.05, 4.69) is 10.1 Å². The van der Waals surface area contributed by atoms with Crippen LogP contribution in [0.2, 0.25) is 0 Å². The predicted octanol–water partition coefficient (Wildman–Crippen LogP) is 1.09. The van der Waals surface area contributed by atoms with Crippen LogP contribution in [0.4, 0.5) is 0 Å². The molecule has 3 nitrogen and oxygen atoms in total. The van der Waals surface area contributed by atoms with Gasteiger partial charge in [0.05, 0.1) is 6.20 Å². The Bertz CT molecular complexity index is 270. The zero-order chi connectivity index (χ0) is 7.97. The van der Waals surface area contributed by atoms with Crippen LogP contribution in [0.25, 0.3) is 0 Å². The molecule has 3 rings (SSSR count). The van der Waals surface area contributed by atoms with Crippen molar-refractivity contribution in [3.63, 3.8) is 0 Å². The highest BCUT2D eigenvalue weighted by molar-refractivity contribution is 5.10. The third-order valence-corrected chi connectivity index (χ3v) is 3.16. The van der Waals surface area contributed by atoms with Gasteiger partial charge in [0.1, 0.15) is 5.76 Å². The molecule has 0 aliphatic carbocycles. The summed E-state index contributed by atoms with van der Waals surface area (Å²) in [4.78, 5) is 2.51. The lowest BCUT2D eigenvalue weighted by Gasteiger charge is -2.18. The molecule has 0 spiro atoms. The Labute approximate surface area is 71.3 Å². The van der Waals surface area contributed by atoms with Gasteiger partial charge < -0.3 is 9.42 Å². The second kappa shape index (κ2) is 2.33. The molecule has 3 atom stereocenters. The second-order valence-electron chi connectivity index (χ2n) is 3.83. The van der Waals surface area contributed by atoms with Gasteiger partial charge in [-0.2, -0.15) is 0 Å². The highest BCUT2D eigenvalue weighted by atomic mass is 16.5. The molecule has 2 fully saturated rings. The summed E-state index contributed by atoms with van der Waals surface area (Å²) in [6.07, 6.45) is 3.09. The van der Waals surface area contributed by atoms with Crippen LogP contribution >= 0.6 is 0 Å². The molecule has 2 saturated heterocycles. The van der Waals surface area contributed by atoms with Gasteiger partial charge in [0.2, 0.25) is 0 Å². The molecule has 0 aromatic carbocycles. The predicted molar refractivity (Wildman–Crippen MR) is 43.8 cm³/mol. The van der Waals surface area contributed by atoms with Crippen molar-refractivity contribution in [1.29, 1.82) is 0 Å². The summed E-state index contributed by atoms with van der Waals surface area (Å²) in [5.74, 6) is 2.54. The van der Waals surface area contributed by atoms with Gasteiger partial charge in [-0.3, -0.25) is 0 Å². The monoisotopic (exact) mass is 164 g/mol. The maximum Gasteiger partial charge on any atom is 0.141 e. The van der Waals surface area contributed by atoms with E-state index >= 15 is 0 Å². The van der Waals surface area contributed by atoms with E-state index in [9.17, 15) is 0 Å². The molecular weight excluding hydrogens is 152 g/mol. The van der Waals surface area contributed by atoms with Gasteiger partial charge in [0.15, 0.2) is 0 Å². The molecule has 0 N–H and O–H groups in total. The summed E-state index contributed by atoms with van der Waals surface area (Å²) in [6, 6.07) is 2.01. The molecule has 0 radical (unpaired) electrons. The van der Waals surface area contributed by atoms with Gasteiger partial charge in [-0.25, -0.2) is 0 Å². The summed E-state index contributed by atoms with van der Waals surface area (Å²) in [7, 11) is 0. The number of hydrogen-bond donors (Lipinski definition) is 0. The zero-order valence-corrected chi connectivity index (χ0v) is 6.94. The van der Waals surface area contributed by atoms with Crippen LogP contribution in [0, 0.1) is 5.92 Å². The fourth-order valence-corrected chi connectivity index (χ4v) is 2.52. The number of nitrogens with zero attached hydrogens (tertiary/aromatic N) is 2. The van der Waals surface area contributed by atoms with Crippen molar-refractivity contribution >= 4 is 0 Å². The minimum Gasteiger partial charge on any atom is -0.361 e. The fourth-order valence-electron chi connectivity index (χ4n) is 2.52. The first kappa shape index (κ1) is 6.66. The lowest BCUT2D eigenvalue weighted by Crippen LogP contribution is -2.21. The van der Waals surface area contributed by atoms with Gasteiger partial charge in [0, 0.05) is 25.1 Å². The van der Waals surface area contributed by atoms with Gasteiger partial charge in [0.25, 0.3) is 0 Å². The third-order valence-electron chi connectivity index (χ3n) is 3.16. The maximum absolute atomic E-state index is 5.19. The molecule has 64 valence electrons. The highest BCUT2D eigenvalue weighted by Crippen LogP contribution is 2.39. The van der Waals surface area contributed by atoms with Gasteiger partial charge in [-0.15, -0.1) is 0 Å². The van der Waals surface area contributed by atoms with Crippen LogP contribution in [0.5, 0.6) is 0 Å². The SMILES string of the molecule is c1cc(C2CN3CCC2C3)on1. The fraction of sp³-hybridized carbons (Fsp3) is 0.667. The van der Waals surface area contributed by atoms with E-state index in [4.69, 9.17) is 4.52 Å². The average Bonchev–Trinajstić information content (AvgIpc) is 2.81. The van der Waals surface area contributed by atoms with Crippen LogP contribution in [-0.2, 0) is 0 Å². The molecule has 12 heavy (non-hydrogen) atoms. The Morgan fingerprint density at radius 3 is 3.08 bits per heavy atom. The number of rotatable bonds is 1. The zero-order valence-electron chi connectivity index (χ0n) is 6.94. The third kappa shape index (κ3) is 0.829. The smallest absolute Gasteiger partial charge is 0.141 e. The summed E-state index contributed by atoms with van der Waals surface area (Å²) in [5.41, 5.74) is 0. The summed E-state index contributed by atoms with van der Waals surface area (Å²) >= 11 is 0. The number of fused-ring (bicyclic) bond motifs is 2. The molecule has 1 aromatic rings. The van der Waals surface area contributed by atoms with Crippen LogP contribution in [0.1, 0.15) is 18.1 Å². The molecule has 3 heterocycles. The molecule has 0 saturated carbocycles. The topological polar surface area (TPSA) is 29.3 Å². The average molecular weight is 164 g/mol. The molecule has 3 unspecified atom stereocenters. The van der Waals surface area contributed by atoms with Crippen molar-refractivity contribution in [2.45, 2.75) is 12.3 Å². The van der Waals surface area contributed by atoms with Crippen LogP contribution in [0.15, 0.2) is 16.8 Å². The lowest BCUT2D eigenvalue weighted by atomic mass is 9.91. The first-order valence-corrected chi connectivity index (χ1v) is 4.56. The first-order valence-electron chi connectivity index (χ1n) is 4.56. The van der Waals surface area contributed by atoms with Crippen molar-refractivity contribution in [2.75, 3.05) is 19.6 Å². The molecular formula is C9H12N2O. The van der Waals surface area contributed by atoms with Crippen LogP contribution < -0.4 is 0 Å². The van der Waals surface area contributed by atoms with Crippen molar-refractivity contribution in [3.05, 3.63) is 18.0 Å². The Morgan fingerprint density at radius 2 is 2.50 bits per heavy atom. The Morgan fingerprint density at radius 1 is 1.50 bits per heavy atom. The number of aromatic nitrogens is 1. The molecule has 1 aromatic heterocycles. The number of hydrogen-bond acceptors (Lipinski definition) is 3. The van der Waals surface area contributed by atoms with E-state index in [0.29, 0.717) is 5.92 Å². The summed E-state index contributed by atoms with van der Waals surface area (Å²) in [6.45, 7) is 3.74. The quantitative estimate of drug-likeness (QED) is 0.622. The van der Waals surface area contributed by atoms with Crippen molar-refractivity contribution < 1.29 is 4.52 Å². The highest BCUT2D eigenvalue weighted by Gasteiger charge is 2.40. The molecule has 2 aliphatic heterocycles. The Kier molecular flexibility index (Phi) is 1.29. The van der Waals surface area contributed by atoms with E-state index in [1.165, 1.54) is 26.1 Å². The normalized spacial score (nSPS) is 39.2. The second-order valence-corrected chi connectivity index (χ2v) is 3.83. The van der Waals surface area contributed by atoms with Gasteiger partial charge in [-0.1, -0.05) is 5.16 Å². The minimum atomic E-state index is 0.626. The molecule has 2 aliphatic rings.